The molecule has 0 spiro atoms. The maximum Gasteiger partial charge on any atom is 0.272 e. The molecular weight excluding hydrogens is 130 g/mol. The first-order chi connectivity index (χ1) is 3.48. The minimum atomic E-state index is -4.00. The highest BCUT2D eigenvalue weighted by Crippen LogP contribution is 1.90. The highest BCUT2D eigenvalue weighted by atomic mass is 32.2. The van der Waals surface area contributed by atoms with Gasteiger partial charge in [-0.05, 0) is 6.92 Å². The van der Waals surface area contributed by atoms with Crippen LogP contribution < -0.4 is 0 Å². The monoisotopic (exact) mass is 137 g/mol. The molecule has 1 unspecified atom stereocenters. The fourth-order valence-corrected chi connectivity index (χ4v) is 0.258. The van der Waals surface area contributed by atoms with Crippen molar-refractivity contribution in [3.05, 3.63) is 0 Å². The second-order valence-electron chi connectivity index (χ2n) is 1.39. The van der Waals surface area contributed by atoms with Crippen LogP contribution in [0.3, 0.4) is 0 Å². The first-order valence-corrected chi connectivity index (χ1v) is 3.45. The lowest BCUT2D eigenvalue weighted by atomic mass is 10.5. The number of hydrogen-bond acceptors (Lipinski definition) is 3. The molecule has 0 heterocycles. The van der Waals surface area contributed by atoms with Crippen molar-refractivity contribution in [3.8, 4) is 0 Å². The van der Waals surface area contributed by atoms with E-state index in [0.29, 0.717) is 6.21 Å². The van der Waals surface area contributed by atoms with Crippen LogP contribution in [0.4, 0.5) is 0 Å². The quantitative estimate of drug-likeness (QED) is 0.412. The van der Waals surface area contributed by atoms with Gasteiger partial charge in [0.25, 0.3) is 10.1 Å². The summed E-state index contributed by atoms with van der Waals surface area (Å²) >= 11 is 0. The average Bonchev–Trinajstić information content (AvgIpc) is 1.62. The fourth-order valence-electron chi connectivity index (χ4n) is 0.0860. The lowest BCUT2D eigenvalue weighted by molar-refractivity contribution is 0.480. The van der Waals surface area contributed by atoms with Crippen molar-refractivity contribution in [1.29, 1.82) is 5.41 Å². The third-order valence-corrected chi connectivity index (χ3v) is 1.78. The van der Waals surface area contributed by atoms with E-state index in [1.165, 1.54) is 6.92 Å². The standard InChI is InChI=1S/C3H7NO3S/c1-3(2-4)8(5,6)7/h2-4H,1H3,(H,5,6,7). The first kappa shape index (κ1) is 7.58. The normalized spacial score (nSPS) is 15.2. The molecule has 0 saturated carbocycles. The van der Waals surface area contributed by atoms with E-state index in [1.54, 1.807) is 0 Å². The molecule has 8 heavy (non-hydrogen) atoms. The Morgan fingerprint density at radius 1 is 1.75 bits per heavy atom. The molecule has 1 atom stereocenters. The van der Waals surface area contributed by atoms with Crippen LogP contribution >= 0.6 is 0 Å². The largest absolute Gasteiger partial charge is 0.312 e. The third-order valence-electron chi connectivity index (χ3n) is 0.705. The van der Waals surface area contributed by atoms with Crippen molar-refractivity contribution in [1.82, 2.24) is 0 Å². The van der Waals surface area contributed by atoms with Gasteiger partial charge >= 0.3 is 0 Å². The van der Waals surface area contributed by atoms with Gasteiger partial charge < -0.3 is 5.41 Å². The highest BCUT2D eigenvalue weighted by Gasteiger charge is 2.12. The molecule has 0 aliphatic rings. The van der Waals surface area contributed by atoms with Crippen LogP contribution in [0.15, 0.2) is 0 Å². The second-order valence-corrected chi connectivity index (χ2v) is 3.16. The van der Waals surface area contributed by atoms with Gasteiger partial charge in [0.1, 0.15) is 5.25 Å². The zero-order chi connectivity index (χ0) is 6.78. The summed E-state index contributed by atoms with van der Waals surface area (Å²) in [7, 11) is -4.00. The van der Waals surface area contributed by atoms with Crippen molar-refractivity contribution in [2.75, 3.05) is 0 Å². The van der Waals surface area contributed by atoms with Crippen molar-refractivity contribution >= 4 is 16.3 Å². The Morgan fingerprint density at radius 3 is 2.12 bits per heavy atom. The molecule has 0 aromatic rings. The summed E-state index contributed by atoms with van der Waals surface area (Å²) in [6, 6.07) is 0. The van der Waals surface area contributed by atoms with E-state index in [9.17, 15) is 8.42 Å². The minimum absolute atomic E-state index is 0.662. The molecule has 0 aliphatic heterocycles. The van der Waals surface area contributed by atoms with Crippen LogP contribution in [0.2, 0.25) is 0 Å². The molecule has 2 N–H and O–H groups in total. The Hall–Kier alpha value is -0.420. The van der Waals surface area contributed by atoms with Crippen molar-refractivity contribution < 1.29 is 13.0 Å². The molecule has 5 heteroatoms. The number of hydrogen-bond donors (Lipinski definition) is 2. The summed E-state index contributed by atoms with van der Waals surface area (Å²) in [5.74, 6) is 0. The zero-order valence-electron chi connectivity index (χ0n) is 4.33. The van der Waals surface area contributed by atoms with Gasteiger partial charge in [-0.15, -0.1) is 0 Å². The number of nitrogens with one attached hydrogen (secondary N) is 1. The Kier molecular flexibility index (Phi) is 2.12. The van der Waals surface area contributed by atoms with E-state index < -0.39 is 15.4 Å². The van der Waals surface area contributed by atoms with Crippen LogP contribution in [0.5, 0.6) is 0 Å². The van der Waals surface area contributed by atoms with Crippen LogP contribution in [0.25, 0.3) is 0 Å². The van der Waals surface area contributed by atoms with Gasteiger partial charge in [-0.2, -0.15) is 8.42 Å². The zero-order valence-corrected chi connectivity index (χ0v) is 5.14. The van der Waals surface area contributed by atoms with Gasteiger partial charge in [-0.1, -0.05) is 0 Å². The van der Waals surface area contributed by atoms with Crippen molar-refractivity contribution in [2.45, 2.75) is 12.2 Å². The highest BCUT2D eigenvalue weighted by molar-refractivity contribution is 7.87. The summed E-state index contributed by atoms with van der Waals surface area (Å²) in [6.45, 7) is 1.22. The molecule has 0 radical (unpaired) electrons. The average molecular weight is 137 g/mol. The van der Waals surface area contributed by atoms with Gasteiger partial charge in [-0.3, -0.25) is 4.55 Å². The number of rotatable bonds is 2. The first-order valence-electron chi connectivity index (χ1n) is 1.95. The Bertz CT molecular complexity index is 171. The van der Waals surface area contributed by atoms with E-state index in [2.05, 4.69) is 0 Å². The molecule has 0 saturated heterocycles. The predicted molar refractivity (Wildman–Crippen MR) is 29.8 cm³/mol. The van der Waals surface area contributed by atoms with E-state index in [0.717, 1.165) is 0 Å². The summed E-state index contributed by atoms with van der Waals surface area (Å²) in [4.78, 5) is 0. The van der Waals surface area contributed by atoms with Gasteiger partial charge in [0.2, 0.25) is 0 Å². The van der Waals surface area contributed by atoms with E-state index >= 15 is 0 Å². The van der Waals surface area contributed by atoms with E-state index in [4.69, 9.17) is 9.96 Å². The third kappa shape index (κ3) is 2.04. The second kappa shape index (κ2) is 2.23. The fraction of sp³-hybridized carbons (Fsp3) is 0.667. The lowest BCUT2D eigenvalue weighted by Crippen LogP contribution is -2.16. The molecule has 48 valence electrons. The molecule has 0 bridgehead atoms. The molecule has 0 fully saturated rings. The maximum atomic E-state index is 9.97. The lowest BCUT2D eigenvalue weighted by Gasteiger charge is -1.95. The summed E-state index contributed by atoms with van der Waals surface area (Å²) < 4.78 is 28.0. The SMILES string of the molecule is CC(C=N)S(=O)(=O)O. The molecule has 0 aliphatic carbocycles. The van der Waals surface area contributed by atoms with Crippen LogP contribution in [-0.4, -0.2) is 24.4 Å². The topological polar surface area (TPSA) is 78.2 Å². The summed E-state index contributed by atoms with van der Waals surface area (Å²) in [5, 5.41) is 5.32. The van der Waals surface area contributed by atoms with Gasteiger partial charge in [0, 0.05) is 6.21 Å². The summed E-state index contributed by atoms with van der Waals surface area (Å²) in [5.41, 5.74) is 0. The van der Waals surface area contributed by atoms with Crippen LogP contribution in [-0.2, 0) is 10.1 Å². The predicted octanol–water partition coefficient (Wildman–Crippen LogP) is -0.0877. The molecule has 4 nitrogen and oxygen atoms in total. The van der Waals surface area contributed by atoms with E-state index in [1.807, 2.05) is 0 Å². The van der Waals surface area contributed by atoms with Gasteiger partial charge in [0.05, 0.1) is 0 Å². The van der Waals surface area contributed by atoms with Crippen molar-refractivity contribution in [3.63, 3.8) is 0 Å². The minimum Gasteiger partial charge on any atom is -0.312 e. The Labute approximate surface area is 47.8 Å². The maximum absolute atomic E-state index is 9.97. The van der Waals surface area contributed by atoms with Crippen LogP contribution in [0, 0.1) is 5.41 Å². The Balaban J connectivity index is 4.26. The molecule has 0 aromatic carbocycles. The van der Waals surface area contributed by atoms with Crippen LogP contribution in [0.1, 0.15) is 6.92 Å². The summed E-state index contributed by atoms with van der Waals surface area (Å²) in [6.07, 6.45) is 0.662. The molecule has 0 aromatic heterocycles. The van der Waals surface area contributed by atoms with Gasteiger partial charge in [-0.25, -0.2) is 0 Å². The molecule has 0 amide bonds. The van der Waals surface area contributed by atoms with E-state index in [-0.39, 0.29) is 0 Å². The molecule has 0 rings (SSSR count). The van der Waals surface area contributed by atoms with Crippen molar-refractivity contribution in [2.24, 2.45) is 0 Å². The molecular formula is C3H7NO3S. The smallest absolute Gasteiger partial charge is 0.272 e. The Morgan fingerprint density at radius 2 is 2.12 bits per heavy atom. The van der Waals surface area contributed by atoms with Gasteiger partial charge in [0.15, 0.2) is 0 Å².